The van der Waals surface area contributed by atoms with Crippen molar-refractivity contribution in [2.24, 2.45) is 10.7 Å². The van der Waals surface area contributed by atoms with Crippen LogP contribution in [0, 0.1) is 0 Å². The third-order valence-corrected chi connectivity index (χ3v) is 5.21. The summed E-state index contributed by atoms with van der Waals surface area (Å²) in [6.07, 6.45) is 11.3. The number of hydrogen-bond acceptors (Lipinski definition) is 3. The molecule has 2 atom stereocenters. The molecule has 2 N–H and O–H groups in total. The second-order valence-electron chi connectivity index (χ2n) is 6.31. The maximum Gasteiger partial charge on any atom is 0.0981 e. The topological polar surface area (TPSA) is 51.5 Å². The summed E-state index contributed by atoms with van der Waals surface area (Å²) in [5, 5.41) is 2.25. The maximum atomic E-state index is 6.00. The van der Waals surface area contributed by atoms with E-state index >= 15 is 0 Å². The van der Waals surface area contributed by atoms with Crippen LogP contribution < -0.4 is 5.73 Å². The lowest BCUT2D eigenvalue weighted by molar-refractivity contribution is 0.572. The van der Waals surface area contributed by atoms with Crippen molar-refractivity contribution in [1.29, 1.82) is 0 Å². The minimum Gasteiger partial charge on any atom is -0.471 e. The van der Waals surface area contributed by atoms with E-state index in [1.54, 1.807) is 18.7 Å². The molecule has 2 bridgehead atoms. The van der Waals surface area contributed by atoms with Crippen LogP contribution in [0.2, 0.25) is 0 Å². The number of aliphatic imine (C=N–C) groups is 1. The Kier molecular flexibility index (Phi) is 3.31. The predicted molar refractivity (Wildman–Crippen MR) is 99.4 cm³/mol. The summed E-state index contributed by atoms with van der Waals surface area (Å²) in [4.78, 5) is 4.59. The number of rotatable bonds is 2. The highest BCUT2D eigenvalue weighted by molar-refractivity contribution is 6.13. The van der Waals surface area contributed by atoms with Gasteiger partial charge in [0.15, 0.2) is 0 Å². The molecule has 1 aromatic heterocycles. The number of allylic oxidation sites excluding steroid dienone is 6. The van der Waals surface area contributed by atoms with Crippen LogP contribution in [0.25, 0.3) is 10.8 Å². The summed E-state index contributed by atoms with van der Waals surface area (Å²) in [5.41, 5.74) is 13.4. The standard InChI is InChI=1S/C21H20N2O/c1-4-5-6-15-12(2)19-16-7-13-10-24-11-14(13)8-17(16)20(15)21(23-3)18(19)9-22/h4-11,19-20H,1,22H2,2-3H3/b6-5-,18-9?,23-21?. The second-order valence-corrected chi connectivity index (χ2v) is 6.31. The highest BCUT2D eigenvalue weighted by atomic mass is 16.3. The molecular weight excluding hydrogens is 296 g/mol. The van der Waals surface area contributed by atoms with Gasteiger partial charge in [0.1, 0.15) is 0 Å². The fourth-order valence-electron chi connectivity index (χ4n) is 4.20. The molecule has 0 spiro atoms. The smallest absolute Gasteiger partial charge is 0.0981 e. The van der Waals surface area contributed by atoms with Gasteiger partial charge >= 0.3 is 0 Å². The Labute approximate surface area is 141 Å². The molecule has 0 amide bonds. The fourth-order valence-corrected chi connectivity index (χ4v) is 4.20. The monoisotopic (exact) mass is 316 g/mol. The van der Waals surface area contributed by atoms with E-state index < -0.39 is 0 Å². The highest BCUT2D eigenvalue weighted by Gasteiger charge is 2.43. The van der Waals surface area contributed by atoms with Crippen molar-refractivity contribution in [3.8, 4) is 0 Å². The van der Waals surface area contributed by atoms with E-state index in [4.69, 9.17) is 10.2 Å². The molecule has 0 aliphatic heterocycles. The van der Waals surface area contributed by atoms with Crippen molar-refractivity contribution in [1.82, 2.24) is 0 Å². The van der Waals surface area contributed by atoms with Gasteiger partial charge in [-0.25, -0.2) is 0 Å². The zero-order valence-electron chi connectivity index (χ0n) is 13.9. The molecular formula is C21H20N2O. The lowest BCUT2D eigenvalue weighted by Gasteiger charge is -2.43. The van der Waals surface area contributed by atoms with Gasteiger partial charge in [0, 0.05) is 29.3 Å². The van der Waals surface area contributed by atoms with E-state index in [-0.39, 0.29) is 11.8 Å². The number of fused-ring (bicyclic) bond motifs is 2. The van der Waals surface area contributed by atoms with E-state index in [1.165, 1.54) is 22.3 Å². The minimum absolute atomic E-state index is 0.111. The lowest BCUT2D eigenvalue weighted by atomic mass is 9.60. The summed E-state index contributed by atoms with van der Waals surface area (Å²) >= 11 is 0. The van der Waals surface area contributed by atoms with Gasteiger partial charge in [-0.2, -0.15) is 0 Å². The Morgan fingerprint density at radius 2 is 1.83 bits per heavy atom. The number of nitrogens with zero attached hydrogens (tertiary/aromatic N) is 1. The van der Waals surface area contributed by atoms with Crippen molar-refractivity contribution in [2.45, 2.75) is 18.8 Å². The third-order valence-electron chi connectivity index (χ3n) is 5.21. The number of benzene rings is 1. The molecule has 3 aliphatic rings. The Morgan fingerprint density at radius 1 is 1.17 bits per heavy atom. The molecule has 120 valence electrons. The van der Waals surface area contributed by atoms with Gasteiger partial charge in [0.2, 0.25) is 0 Å². The first-order chi connectivity index (χ1) is 11.7. The second kappa shape index (κ2) is 5.38. The van der Waals surface area contributed by atoms with E-state index in [0.29, 0.717) is 0 Å². The van der Waals surface area contributed by atoms with E-state index in [2.05, 4.69) is 36.7 Å². The van der Waals surface area contributed by atoms with Crippen LogP contribution in [0.3, 0.4) is 0 Å². The number of nitrogens with two attached hydrogens (primary N) is 1. The molecule has 3 aliphatic carbocycles. The average molecular weight is 316 g/mol. The van der Waals surface area contributed by atoms with Gasteiger partial charge in [-0.15, -0.1) is 0 Å². The lowest BCUT2D eigenvalue weighted by Crippen LogP contribution is -2.35. The summed E-state index contributed by atoms with van der Waals surface area (Å²) in [6, 6.07) is 4.47. The molecule has 24 heavy (non-hydrogen) atoms. The Morgan fingerprint density at radius 3 is 2.42 bits per heavy atom. The zero-order chi connectivity index (χ0) is 16.8. The van der Waals surface area contributed by atoms with Gasteiger partial charge in [-0.3, -0.25) is 4.99 Å². The van der Waals surface area contributed by atoms with Gasteiger partial charge in [-0.1, -0.05) is 30.4 Å². The molecule has 0 saturated carbocycles. The summed E-state index contributed by atoms with van der Waals surface area (Å²) in [7, 11) is 1.85. The summed E-state index contributed by atoms with van der Waals surface area (Å²) < 4.78 is 5.39. The van der Waals surface area contributed by atoms with Crippen LogP contribution in [0.4, 0.5) is 0 Å². The van der Waals surface area contributed by atoms with Crippen molar-refractivity contribution in [3.63, 3.8) is 0 Å². The highest BCUT2D eigenvalue weighted by Crippen LogP contribution is 2.54. The number of furan rings is 1. The van der Waals surface area contributed by atoms with Crippen LogP contribution in [0.5, 0.6) is 0 Å². The molecule has 2 aromatic rings. The molecule has 1 aromatic carbocycles. The van der Waals surface area contributed by atoms with Gasteiger partial charge < -0.3 is 10.2 Å². The molecule has 1 heterocycles. The van der Waals surface area contributed by atoms with Gasteiger partial charge in [-0.05, 0) is 42.0 Å². The molecule has 2 unspecified atom stereocenters. The zero-order valence-corrected chi connectivity index (χ0v) is 13.9. The van der Waals surface area contributed by atoms with Crippen molar-refractivity contribution < 1.29 is 4.42 Å². The minimum atomic E-state index is 0.111. The van der Waals surface area contributed by atoms with Crippen LogP contribution in [-0.2, 0) is 0 Å². The summed E-state index contributed by atoms with van der Waals surface area (Å²) in [5.74, 6) is 0.262. The molecule has 3 heteroatoms. The van der Waals surface area contributed by atoms with Crippen LogP contribution in [0.15, 0.2) is 81.8 Å². The van der Waals surface area contributed by atoms with Crippen molar-refractivity contribution in [3.05, 3.63) is 83.5 Å². The Hall–Kier alpha value is -2.81. The molecule has 5 rings (SSSR count). The van der Waals surface area contributed by atoms with Gasteiger partial charge in [0.25, 0.3) is 0 Å². The van der Waals surface area contributed by atoms with Gasteiger partial charge in [0.05, 0.1) is 24.2 Å². The third kappa shape index (κ3) is 1.81. The van der Waals surface area contributed by atoms with Crippen molar-refractivity contribution in [2.75, 3.05) is 7.05 Å². The Balaban J connectivity index is 2.07. The van der Waals surface area contributed by atoms with Crippen LogP contribution in [0.1, 0.15) is 29.9 Å². The van der Waals surface area contributed by atoms with E-state index in [1.807, 2.05) is 19.2 Å². The first-order valence-corrected chi connectivity index (χ1v) is 8.09. The molecule has 0 fully saturated rings. The first-order valence-electron chi connectivity index (χ1n) is 8.09. The van der Waals surface area contributed by atoms with Crippen molar-refractivity contribution >= 4 is 16.5 Å². The SMILES string of the molecule is C=C/C=C\C1=C(C)C2C(=CN)C(=NC)C1c1cc3cocc3cc12. The maximum absolute atomic E-state index is 6.00. The van der Waals surface area contributed by atoms with E-state index in [9.17, 15) is 0 Å². The fraction of sp³-hybridized carbons (Fsp3) is 0.190. The van der Waals surface area contributed by atoms with Crippen LogP contribution >= 0.6 is 0 Å². The predicted octanol–water partition coefficient (Wildman–Crippen LogP) is 4.60. The quantitative estimate of drug-likeness (QED) is 0.823. The molecule has 3 nitrogen and oxygen atoms in total. The molecule has 0 saturated heterocycles. The first kappa shape index (κ1) is 14.8. The normalized spacial score (nSPS) is 26.1. The largest absolute Gasteiger partial charge is 0.471 e. The number of hydrogen-bond donors (Lipinski definition) is 1. The van der Waals surface area contributed by atoms with E-state index in [0.717, 1.165) is 22.1 Å². The Bertz CT molecular complexity index is 969. The molecule has 0 radical (unpaired) electrons. The van der Waals surface area contributed by atoms with Crippen LogP contribution in [-0.4, -0.2) is 12.8 Å². The average Bonchev–Trinajstić information content (AvgIpc) is 3.05. The summed E-state index contributed by atoms with van der Waals surface area (Å²) in [6.45, 7) is 5.99.